The fraction of sp³-hybridized carbons (Fsp3) is 0.364. The minimum atomic E-state index is -0.725. The number of nitrogens with one attached hydrogen (secondary N) is 1. The van der Waals surface area contributed by atoms with Gasteiger partial charge < -0.3 is 14.5 Å². The molecule has 1 atom stereocenters. The fourth-order valence-corrected chi connectivity index (χ4v) is 6.04. The van der Waals surface area contributed by atoms with Crippen LogP contribution in [0.5, 0.6) is 0 Å². The molecule has 3 aliphatic heterocycles. The number of hydrogen-bond donors (Lipinski definition) is 1. The number of piperazine rings is 1. The topological polar surface area (TPSA) is 116 Å². The lowest BCUT2D eigenvalue weighted by Crippen LogP contribution is -2.53. The molecule has 1 N–H and O–H groups in total. The summed E-state index contributed by atoms with van der Waals surface area (Å²) in [6, 6.07) is 16.3. The molecule has 43 heavy (non-hydrogen) atoms. The third kappa shape index (κ3) is 5.45. The normalized spacial score (nSPS) is 18.7. The highest BCUT2D eigenvalue weighted by Crippen LogP contribution is 2.41. The van der Waals surface area contributed by atoms with Gasteiger partial charge in [0, 0.05) is 49.1 Å². The first-order valence-electron chi connectivity index (χ1n) is 14.6. The summed E-state index contributed by atoms with van der Waals surface area (Å²) in [5.41, 5.74) is 3.29. The lowest BCUT2D eigenvalue weighted by molar-refractivity contribution is -0.134. The second-order valence-electron chi connectivity index (χ2n) is 12.2. The molecule has 0 bridgehead atoms. The Hall–Kier alpha value is -4.73. The van der Waals surface area contributed by atoms with Crippen molar-refractivity contribution in [3.63, 3.8) is 0 Å². The summed E-state index contributed by atoms with van der Waals surface area (Å²) in [6.45, 7) is 7.22. The summed E-state index contributed by atoms with van der Waals surface area (Å²) >= 11 is 0. The third-order valence-electron chi connectivity index (χ3n) is 8.15. The maximum absolute atomic E-state index is 13.4. The van der Waals surface area contributed by atoms with Crippen LogP contribution in [0.4, 0.5) is 10.5 Å². The van der Waals surface area contributed by atoms with E-state index in [1.807, 2.05) is 69.3 Å². The van der Waals surface area contributed by atoms with Gasteiger partial charge in [-0.2, -0.15) is 0 Å². The maximum atomic E-state index is 13.4. The first-order valence-corrected chi connectivity index (χ1v) is 14.6. The van der Waals surface area contributed by atoms with E-state index in [1.54, 1.807) is 15.9 Å². The van der Waals surface area contributed by atoms with Crippen LogP contribution in [-0.2, 0) is 20.7 Å². The average molecular weight is 583 g/mol. The average Bonchev–Trinajstić information content (AvgIpc) is 3.26. The highest BCUT2D eigenvalue weighted by Gasteiger charge is 2.40. The molecule has 0 radical (unpaired) electrons. The number of anilines is 1. The summed E-state index contributed by atoms with van der Waals surface area (Å²) in [7, 11) is 0. The van der Waals surface area contributed by atoms with Crippen molar-refractivity contribution in [2.45, 2.75) is 51.7 Å². The van der Waals surface area contributed by atoms with Gasteiger partial charge in [0.25, 0.3) is 11.8 Å². The quantitative estimate of drug-likeness (QED) is 0.467. The lowest BCUT2D eigenvalue weighted by Gasteiger charge is -2.35. The van der Waals surface area contributed by atoms with Crippen LogP contribution >= 0.6 is 0 Å². The zero-order valence-electron chi connectivity index (χ0n) is 24.5. The van der Waals surface area contributed by atoms with Gasteiger partial charge in [-0.15, -0.1) is 0 Å². The van der Waals surface area contributed by atoms with Crippen molar-refractivity contribution in [1.29, 1.82) is 0 Å². The molecule has 10 heteroatoms. The van der Waals surface area contributed by atoms with Gasteiger partial charge in [0.05, 0.1) is 5.69 Å². The molecule has 6 rings (SSSR count). The van der Waals surface area contributed by atoms with Crippen LogP contribution in [0.25, 0.3) is 10.8 Å². The first-order chi connectivity index (χ1) is 20.5. The van der Waals surface area contributed by atoms with Crippen molar-refractivity contribution < 1.29 is 28.7 Å². The van der Waals surface area contributed by atoms with Gasteiger partial charge in [-0.25, -0.2) is 4.79 Å². The van der Waals surface area contributed by atoms with Gasteiger partial charge in [0.2, 0.25) is 11.8 Å². The summed E-state index contributed by atoms with van der Waals surface area (Å²) in [5.74, 6) is -1.08. The molecular formula is C33H34N4O6. The Kier molecular flexibility index (Phi) is 7.15. The van der Waals surface area contributed by atoms with E-state index in [0.717, 1.165) is 21.9 Å². The van der Waals surface area contributed by atoms with Crippen LogP contribution < -0.4 is 10.2 Å². The zero-order valence-corrected chi connectivity index (χ0v) is 24.5. The van der Waals surface area contributed by atoms with Gasteiger partial charge in [-0.05, 0) is 74.4 Å². The molecule has 222 valence electrons. The molecule has 2 saturated heterocycles. The standard InChI is InChI=1S/C33H34N4O6/c1-33(2,3)43-32(42)36-17-15-35(16-18-36)30(40)21-9-7-20(8-10-21)19-22-11-12-25-28-23(22)5-4-6-24(28)31(41)37(25)26-13-14-27(38)34-29(26)39/h4-12,26H,13-19H2,1-3H3,(H,34,38,39). The molecule has 10 nitrogen and oxygen atoms in total. The molecule has 3 aliphatic rings. The van der Waals surface area contributed by atoms with E-state index in [9.17, 15) is 24.0 Å². The Bertz CT molecular complexity index is 1650. The van der Waals surface area contributed by atoms with E-state index < -0.39 is 17.6 Å². The molecule has 3 aromatic carbocycles. The Morgan fingerprint density at radius 3 is 2.28 bits per heavy atom. The van der Waals surface area contributed by atoms with E-state index in [4.69, 9.17) is 4.74 Å². The largest absolute Gasteiger partial charge is 0.444 e. The molecule has 2 fully saturated rings. The molecule has 3 heterocycles. The number of carbonyl (C=O) groups excluding carboxylic acids is 5. The van der Waals surface area contributed by atoms with Crippen LogP contribution in [0.2, 0.25) is 0 Å². The van der Waals surface area contributed by atoms with Crippen molar-refractivity contribution >= 4 is 46.2 Å². The maximum Gasteiger partial charge on any atom is 0.410 e. The van der Waals surface area contributed by atoms with Crippen LogP contribution in [0.15, 0.2) is 54.6 Å². The second-order valence-corrected chi connectivity index (χ2v) is 12.2. The van der Waals surface area contributed by atoms with Crippen LogP contribution in [0.3, 0.4) is 0 Å². The molecule has 0 saturated carbocycles. The van der Waals surface area contributed by atoms with E-state index in [-0.39, 0.29) is 36.7 Å². The van der Waals surface area contributed by atoms with Crippen molar-refractivity contribution in [2.75, 3.05) is 31.1 Å². The highest BCUT2D eigenvalue weighted by molar-refractivity contribution is 6.27. The van der Waals surface area contributed by atoms with Crippen LogP contribution in [0.1, 0.15) is 65.5 Å². The number of ether oxygens (including phenoxy) is 1. The van der Waals surface area contributed by atoms with Gasteiger partial charge in [0.15, 0.2) is 0 Å². The fourth-order valence-electron chi connectivity index (χ4n) is 6.04. The van der Waals surface area contributed by atoms with Crippen LogP contribution in [0, 0.1) is 0 Å². The van der Waals surface area contributed by atoms with Gasteiger partial charge in [-0.3, -0.25) is 29.4 Å². The summed E-state index contributed by atoms with van der Waals surface area (Å²) in [6.07, 6.45) is 0.715. The third-order valence-corrected chi connectivity index (χ3v) is 8.15. The molecule has 0 aliphatic carbocycles. The number of hydrogen-bond acceptors (Lipinski definition) is 6. The number of imide groups is 1. The predicted molar refractivity (Wildman–Crippen MR) is 160 cm³/mol. The van der Waals surface area contributed by atoms with Crippen molar-refractivity contribution in [3.8, 4) is 0 Å². The van der Waals surface area contributed by atoms with E-state index in [2.05, 4.69) is 5.32 Å². The number of rotatable bonds is 4. The number of carbonyl (C=O) groups is 5. The highest BCUT2D eigenvalue weighted by atomic mass is 16.6. The number of amides is 5. The van der Waals surface area contributed by atoms with Gasteiger partial charge in [0.1, 0.15) is 11.6 Å². The monoisotopic (exact) mass is 582 g/mol. The van der Waals surface area contributed by atoms with Crippen molar-refractivity contribution in [2.24, 2.45) is 0 Å². The van der Waals surface area contributed by atoms with E-state index >= 15 is 0 Å². The zero-order chi connectivity index (χ0) is 30.5. The minimum Gasteiger partial charge on any atom is -0.444 e. The Morgan fingerprint density at radius 2 is 1.60 bits per heavy atom. The summed E-state index contributed by atoms with van der Waals surface area (Å²) < 4.78 is 5.45. The SMILES string of the molecule is CC(C)(C)OC(=O)N1CCN(C(=O)c2ccc(Cc3ccc4c5c(cccc35)C(=O)N4C3CCC(=O)NC3=O)cc2)CC1. The summed E-state index contributed by atoms with van der Waals surface area (Å²) in [4.78, 5) is 68.1. The molecule has 1 unspecified atom stereocenters. The molecule has 0 aromatic heterocycles. The number of nitrogens with zero attached hydrogens (tertiary/aromatic N) is 3. The number of benzene rings is 3. The molecule has 0 spiro atoms. The van der Waals surface area contributed by atoms with Crippen LogP contribution in [-0.4, -0.2) is 77.3 Å². The lowest BCUT2D eigenvalue weighted by atomic mass is 9.95. The van der Waals surface area contributed by atoms with Gasteiger partial charge in [-0.1, -0.05) is 30.3 Å². The van der Waals surface area contributed by atoms with Crippen molar-refractivity contribution in [3.05, 3.63) is 76.9 Å². The first kappa shape index (κ1) is 28.4. The van der Waals surface area contributed by atoms with Gasteiger partial charge >= 0.3 is 6.09 Å². The smallest absolute Gasteiger partial charge is 0.410 e. The molecule has 5 amide bonds. The Balaban J connectivity index is 1.15. The summed E-state index contributed by atoms with van der Waals surface area (Å²) in [5, 5.41) is 4.10. The predicted octanol–water partition coefficient (Wildman–Crippen LogP) is 3.89. The van der Waals surface area contributed by atoms with Crippen molar-refractivity contribution in [1.82, 2.24) is 15.1 Å². The van der Waals surface area contributed by atoms with E-state index in [1.165, 1.54) is 4.90 Å². The Labute approximate surface area is 249 Å². The second kappa shape index (κ2) is 10.8. The molecule has 3 aromatic rings. The molecular weight excluding hydrogens is 548 g/mol. The minimum absolute atomic E-state index is 0.0761. The Morgan fingerprint density at radius 1 is 0.907 bits per heavy atom. The number of piperidine rings is 1. The van der Waals surface area contributed by atoms with E-state index in [0.29, 0.717) is 49.4 Å².